The zero-order valence-corrected chi connectivity index (χ0v) is 11.5. The fourth-order valence-electron chi connectivity index (χ4n) is 2.74. The van der Waals surface area contributed by atoms with E-state index in [4.69, 9.17) is 5.73 Å². The molecule has 3 heterocycles. The normalized spacial score (nSPS) is 18.6. The largest absolute Gasteiger partial charge is 0.330 e. The van der Waals surface area contributed by atoms with E-state index in [1.165, 1.54) is 0 Å². The summed E-state index contributed by atoms with van der Waals surface area (Å²) in [5.41, 5.74) is 7.87. The SMILES string of the molecule is CCn1nc(C)cc1-c1nnc2n1CC(CN)CC2. The average molecular weight is 260 g/mol. The third-order valence-electron chi connectivity index (χ3n) is 3.81. The van der Waals surface area contributed by atoms with Gasteiger partial charge in [-0.2, -0.15) is 5.10 Å². The zero-order chi connectivity index (χ0) is 13.4. The predicted molar refractivity (Wildman–Crippen MR) is 72.5 cm³/mol. The van der Waals surface area contributed by atoms with E-state index < -0.39 is 0 Å². The lowest BCUT2D eigenvalue weighted by atomic mass is 9.99. The highest BCUT2D eigenvalue weighted by Gasteiger charge is 2.24. The molecule has 0 saturated heterocycles. The second-order valence-corrected chi connectivity index (χ2v) is 5.18. The van der Waals surface area contributed by atoms with Crippen LogP contribution in [0.25, 0.3) is 11.5 Å². The zero-order valence-electron chi connectivity index (χ0n) is 11.5. The number of rotatable bonds is 3. The molecule has 2 aromatic rings. The fourth-order valence-corrected chi connectivity index (χ4v) is 2.74. The van der Waals surface area contributed by atoms with Gasteiger partial charge in [-0.25, -0.2) is 0 Å². The number of nitrogens with zero attached hydrogens (tertiary/aromatic N) is 5. The van der Waals surface area contributed by atoms with E-state index >= 15 is 0 Å². The van der Waals surface area contributed by atoms with Crippen LogP contribution in [0.4, 0.5) is 0 Å². The molecule has 2 aromatic heterocycles. The van der Waals surface area contributed by atoms with Gasteiger partial charge in [0, 0.05) is 19.5 Å². The fraction of sp³-hybridized carbons (Fsp3) is 0.615. The van der Waals surface area contributed by atoms with Gasteiger partial charge in [-0.05, 0) is 38.8 Å². The van der Waals surface area contributed by atoms with Gasteiger partial charge in [-0.3, -0.25) is 4.68 Å². The predicted octanol–water partition coefficient (Wildman–Crippen LogP) is 0.991. The molecule has 2 N–H and O–H groups in total. The highest BCUT2D eigenvalue weighted by molar-refractivity contribution is 5.51. The first-order chi connectivity index (χ1) is 9.22. The van der Waals surface area contributed by atoms with Crippen LogP contribution in [0.2, 0.25) is 0 Å². The first kappa shape index (κ1) is 12.3. The summed E-state index contributed by atoms with van der Waals surface area (Å²) in [4.78, 5) is 0. The van der Waals surface area contributed by atoms with Crippen molar-refractivity contribution in [1.82, 2.24) is 24.5 Å². The first-order valence-electron chi connectivity index (χ1n) is 6.90. The summed E-state index contributed by atoms with van der Waals surface area (Å²) in [5.74, 6) is 2.53. The van der Waals surface area contributed by atoms with Crippen LogP contribution in [0.5, 0.6) is 0 Å². The van der Waals surface area contributed by atoms with Crippen LogP contribution in [-0.2, 0) is 19.5 Å². The molecular weight excluding hydrogens is 240 g/mol. The summed E-state index contributed by atoms with van der Waals surface area (Å²) in [7, 11) is 0. The van der Waals surface area contributed by atoms with Crippen molar-refractivity contribution in [3.8, 4) is 11.5 Å². The van der Waals surface area contributed by atoms with Crippen LogP contribution in [-0.4, -0.2) is 31.1 Å². The minimum Gasteiger partial charge on any atom is -0.330 e. The number of aromatic nitrogens is 5. The second kappa shape index (κ2) is 4.77. The molecule has 0 spiro atoms. The molecule has 0 amide bonds. The Labute approximate surface area is 112 Å². The van der Waals surface area contributed by atoms with Crippen molar-refractivity contribution in [2.24, 2.45) is 11.7 Å². The summed E-state index contributed by atoms with van der Waals surface area (Å²) < 4.78 is 4.20. The number of nitrogens with two attached hydrogens (primary N) is 1. The van der Waals surface area contributed by atoms with Crippen LogP contribution in [0, 0.1) is 12.8 Å². The van der Waals surface area contributed by atoms with Gasteiger partial charge in [0.05, 0.1) is 5.69 Å². The molecule has 1 unspecified atom stereocenters. The van der Waals surface area contributed by atoms with Crippen LogP contribution in [0.15, 0.2) is 6.07 Å². The highest BCUT2D eigenvalue weighted by atomic mass is 15.3. The molecule has 0 saturated carbocycles. The van der Waals surface area contributed by atoms with E-state index in [-0.39, 0.29) is 0 Å². The summed E-state index contributed by atoms with van der Waals surface area (Å²) >= 11 is 0. The van der Waals surface area contributed by atoms with Gasteiger partial charge in [-0.1, -0.05) is 0 Å². The molecule has 0 radical (unpaired) electrons. The molecule has 1 atom stereocenters. The average Bonchev–Trinajstić information content (AvgIpc) is 3.00. The quantitative estimate of drug-likeness (QED) is 0.893. The maximum atomic E-state index is 5.81. The van der Waals surface area contributed by atoms with Crippen molar-refractivity contribution in [3.63, 3.8) is 0 Å². The lowest BCUT2D eigenvalue weighted by Crippen LogP contribution is -2.27. The molecule has 19 heavy (non-hydrogen) atoms. The Morgan fingerprint density at radius 3 is 3.00 bits per heavy atom. The summed E-state index contributed by atoms with van der Waals surface area (Å²) in [6.07, 6.45) is 2.08. The molecular formula is C13H20N6. The van der Waals surface area contributed by atoms with Crippen LogP contribution < -0.4 is 5.73 Å². The molecule has 6 heteroatoms. The van der Waals surface area contributed by atoms with Crippen molar-refractivity contribution in [2.45, 2.75) is 39.8 Å². The molecule has 0 aromatic carbocycles. The third kappa shape index (κ3) is 2.06. The van der Waals surface area contributed by atoms with Crippen molar-refractivity contribution >= 4 is 0 Å². The summed E-state index contributed by atoms with van der Waals surface area (Å²) in [6, 6.07) is 2.08. The lowest BCUT2D eigenvalue weighted by Gasteiger charge is -2.22. The molecule has 6 nitrogen and oxygen atoms in total. The van der Waals surface area contributed by atoms with Crippen molar-refractivity contribution < 1.29 is 0 Å². The van der Waals surface area contributed by atoms with Crippen molar-refractivity contribution in [2.75, 3.05) is 6.54 Å². The number of hydrogen-bond acceptors (Lipinski definition) is 4. The van der Waals surface area contributed by atoms with Crippen molar-refractivity contribution in [3.05, 3.63) is 17.6 Å². The van der Waals surface area contributed by atoms with Gasteiger partial charge < -0.3 is 10.3 Å². The standard InChI is InChI=1S/C13H20N6/c1-3-19-11(6-9(2)17-19)13-16-15-12-5-4-10(7-14)8-18(12)13/h6,10H,3-5,7-8,14H2,1-2H3. The Morgan fingerprint density at radius 1 is 1.42 bits per heavy atom. The summed E-state index contributed by atoms with van der Waals surface area (Å²) in [5, 5.41) is 13.2. The number of aryl methyl sites for hydroxylation is 3. The smallest absolute Gasteiger partial charge is 0.182 e. The van der Waals surface area contributed by atoms with Gasteiger partial charge in [0.15, 0.2) is 5.82 Å². The molecule has 0 bridgehead atoms. The maximum absolute atomic E-state index is 5.81. The monoisotopic (exact) mass is 260 g/mol. The maximum Gasteiger partial charge on any atom is 0.182 e. The summed E-state index contributed by atoms with van der Waals surface area (Å²) in [6.45, 7) is 6.58. The molecule has 0 aliphatic carbocycles. The first-order valence-corrected chi connectivity index (χ1v) is 6.90. The Bertz CT molecular complexity index is 582. The molecule has 1 aliphatic rings. The van der Waals surface area contributed by atoms with Crippen LogP contribution >= 0.6 is 0 Å². The molecule has 1 aliphatic heterocycles. The Balaban J connectivity index is 2.04. The Hall–Kier alpha value is -1.69. The number of fused-ring (bicyclic) bond motifs is 1. The van der Waals surface area contributed by atoms with E-state index in [9.17, 15) is 0 Å². The van der Waals surface area contributed by atoms with Crippen LogP contribution in [0.1, 0.15) is 24.9 Å². The van der Waals surface area contributed by atoms with Crippen molar-refractivity contribution in [1.29, 1.82) is 0 Å². The van der Waals surface area contributed by atoms with E-state index in [0.29, 0.717) is 5.92 Å². The third-order valence-corrected chi connectivity index (χ3v) is 3.81. The van der Waals surface area contributed by atoms with Gasteiger partial charge in [-0.15, -0.1) is 10.2 Å². The molecule has 0 fully saturated rings. The lowest BCUT2D eigenvalue weighted by molar-refractivity contribution is 0.375. The van der Waals surface area contributed by atoms with Crippen LogP contribution in [0.3, 0.4) is 0 Å². The van der Waals surface area contributed by atoms with Gasteiger partial charge in [0.2, 0.25) is 0 Å². The molecule has 102 valence electrons. The minimum atomic E-state index is 0.529. The van der Waals surface area contributed by atoms with E-state index in [1.807, 2.05) is 11.6 Å². The van der Waals surface area contributed by atoms with Gasteiger partial charge in [0.1, 0.15) is 11.5 Å². The minimum absolute atomic E-state index is 0.529. The Kier molecular flexibility index (Phi) is 3.10. The van der Waals surface area contributed by atoms with Gasteiger partial charge >= 0.3 is 0 Å². The van der Waals surface area contributed by atoms with E-state index in [1.54, 1.807) is 0 Å². The topological polar surface area (TPSA) is 74.5 Å². The van der Waals surface area contributed by atoms with Gasteiger partial charge in [0.25, 0.3) is 0 Å². The second-order valence-electron chi connectivity index (χ2n) is 5.18. The molecule has 3 rings (SSSR count). The van der Waals surface area contributed by atoms with E-state index in [2.05, 4.69) is 32.9 Å². The highest BCUT2D eigenvalue weighted by Crippen LogP contribution is 2.25. The Morgan fingerprint density at radius 2 is 2.26 bits per heavy atom. The number of hydrogen-bond donors (Lipinski definition) is 1. The van der Waals surface area contributed by atoms with E-state index in [0.717, 1.165) is 55.5 Å².